The number of morpholine rings is 2. The van der Waals surface area contributed by atoms with Crippen molar-refractivity contribution in [2.45, 2.75) is 11.8 Å². The Morgan fingerprint density at radius 2 is 1.58 bits per heavy atom. The molecule has 176 valence electrons. The number of sulfonamides is 1. The number of anilines is 2. The summed E-state index contributed by atoms with van der Waals surface area (Å²) >= 11 is 0. The molecule has 0 radical (unpaired) electrons. The standard InChI is InChI=1S/C24H29N3O5S/c1-19-2-4-20(5-3-19)6-9-24(28)25-22-18-21(33(29,30)27-12-16-32-17-13-27)7-8-23(22)26-10-14-31-15-11-26/h2-9,18H,10-17H2,1H3,(H,25,28)/b9-6+. The van der Waals surface area contributed by atoms with Crippen molar-refractivity contribution in [3.63, 3.8) is 0 Å². The van der Waals surface area contributed by atoms with E-state index in [1.54, 1.807) is 24.3 Å². The number of nitrogens with one attached hydrogen (secondary N) is 1. The molecule has 1 N–H and O–H groups in total. The van der Waals surface area contributed by atoms with Crippen LogP contribution in [0.2, 0.25) is 0 Å². The van der Waals surface area contributed by atoms with Crippen molar-refractivity contribution >= 4 is 33.4 Å². The highest BCUT2D eigenvalue weighted by molar-refractivity contribution is 7.89. The van der Waals surface area contributed by atoms with Gasteiger partial charge in [-0.05, 0) is 36.8 Å². The Kier molecular flexibility index (Phi) is 7.44. The van der Waals surface area contributed by atoms with Gasteiger partial charge in [-0.3, -0.25) is 4.79 Å². The van der Waals surface area contributed by atoms with Crippen molar-refractivity contribution in [3.8, 4) is 0 Å². The number of carbonyl (C=O) groups is 1. The summed E-state index contributed by atoms with van der Waals surface area (Å²) in [5.41, 5.74) is 3.29. The number of rotatable bonds is 6. The third-order valence-electron chi connectivity index (χ3n) is 5.69. The molecule has 0 saturated carbocycles. The van der Waals surface area contributed by atoms with Gasteiger partial charge in [-0.15, -0.1) is 0 Å². The predicted molar refractivity (Wildman–Crippen MR) is 128 cm³/mol. The molecular weight excluding hydrogens is 442 g/mol. The van der Waals surface area contributed by atoms with Gasteiger partial charge in [-0.1, -0.05) is 29.8 Å². The minimum absolute atomic E-state index is 0.152. The maximum absolute atomic E-state index is 13.2. The molecule has 4 rings (SSSR count). The lowest BCUT2D eigenvalue weighted by molar-refractivity contribution is -0.111. The summed E-state index contributed by atoms with van der Waals surface area (Å²) < 4.78 is 38.5. The van der Waals surface area contributed by atoms with E-state index in [1.807, 2.05) is 31.2 Å². The van der Waals surface area contributed by atoms with Gasteiger partial charge in [0.1, 0.15) is 0 Å². The molecule has 0 aliphatic carbocycles. The molecular formula is C24H29N3O5S. The van der Waals surface area contributed by atoms with Crippen molar-refractivity contribution in [1.29, 1.82) is 0 Å². The molecule has 1 amide bonds. The molecule has 2 aliphatic rings. The Morgan fingerprint density at radius 3 is 2.24 bits per heavy atom. The molecule has 0 aromatic heterocycles. The Labute approximate surface area is 194 Å². The fraction of sp³-hybridized carbons (Fsp3) is 0.375. The zero-order valence-corrected chi connectivity index (χ0v) is 19.5. The van der Waals surface area contributed by atoms with Gasteiger partial charge in [0.25, 0.3) is 0 Å². The third kappa shape index (κ3) is 5.80. The van der Waals surface area contributed by atoms with E-state index < -0.39 is 10.0 Å². The highest BCUT2D eigenvalue weighted by Crippen LogP contribution is 2.31. The molecule has 2 aromatic rings. The monoisotopic (exact) mass is 471 g/mol. The molecule has 9 heteroatoms. The summed E-state index contributed by atoms with van der Waals surface area (Å²) in [6.07, 6.45) is 3.19. The van der Waals surface area contributed by atoms with E-state index in [-0.39, 0.29) is 10.8 Å². The number of ether oxygens (including phenoxy) is 2. The largest absolute Gasteiger partial charge is 0.379 e. The number of aryl methyl sites for hydroxylation is 1. The summed E-state index contributed by atoms with van der Waals surface area (Å²) in [5, 5.41) is 2.89. The first-order chi connectivity index (χ1) is 15.9. The van der Waals surface area contributed by atoms with Crippen molar-refractivity contribution in [3.05, 3.63) is 59.7 Å². The van der Waals surface area contributed by atoms with Gasteiger partial charge in [0.15, 0.2) is 0 Å². The van der Waals surface area contributed by atoms with Crippen LogP contribution in [0.4, 0.5) is 11.4 Å². The second-order valence-corrected chi connectivity index (χ2v) is 9.97. The molecule has 2 saturated heterocycles. The van der Waals surface area contributed by atoms with Crippen LogP contribution in [0.15, 0.2) is 53.4 Å². The van der Waals surface area contributed by atoms with Crippen molar-refractivity contribution < 1.29 is 22.7 Å². The maximum Gasteiger partial charge on any atom is 0.248 e. The van der Waals surface area contributed by atoms with E-state index in [9.17, 15) is 13.2 Å². The summed E-state index contributed by atoms with van der Waals surface area (Å²) in [6, 6.07) is 12.8. The quantitative estimate of drug-likeness (QED) is 0.652. The van der Waals surface area contributed by atoms with E-state index in [2.05, 4.69) is 10.2 Å². The summed E-state index contributed by atoms with van der Waals surface area (Å²) in [5.74, 6) is -0.328. The highest BCUT2D eigenvalue weighted by Gasteiger charge is 2.28. The Morgan fingerprint density at radius 1 is 0.939 bits per heavy atom. The van der Waals surface area contributed by atoms with E-state index >= 15 is 0 Å². The van der Waals surface area contributed by atoms with Crippen LogP contribution in [-0.2, 0) is 24.3 Å². The molecule has 0 unspecified atom stereocenters. The van der Waals surface area contributed by atoms with Crippen LogP contribution in [0.3, 0.4) is 0 Å². The molecule has 0 bridgehead atoms. The number of nitrogens with zero attached hydrogens (tertiary/aromatic N) is 2. The third-order valence-corrected chi connectivity index (χ3v) is 7.58. The molecule has 0 spiro atoms. The van der Waals surface area contributed by atoms with E-state index in [1.165, 1.54) is 10.4 Å². The van der Waals surface area contributed by atoms with Crippen LogP contribution >= 0.6 is 0 Å². The average molecular weight is 472 g/mol. The van der Waals surface area contributed by atoms with E-state index in [0.29, 0.717) is 58.3 Å². The smallest absolute Gasteiger partial charge is 0.248 e. The lowest BCUT2D eigenvalue weighted by atomic mass is 10.1. The Bertz CT molecular complexity index is 1100. The molecule has 0 atom stereocenters. The number of hydrogen-bond donors (Lipinski definition) is 1. The van der Waals surface area contributed by atoms with Crippen molar-refractivity contribution in [2.24, 2.45) is 0 Å². The van der Waals surface area contributed by atoms with Crippen LogP contribution in [0.5, 0.6) is 0 Å². The number of amides is 1. The number of hydrogen-bond acceptors (Lipinski definition) is 6. The van der Waals surface area contributed by atoms with Crippen molar-refractivity contribution in [2.75, 3.05) is 62.8 Å². The molecule has 2 fully saturated rings. The first-order valence-corrected chi connectivity index (χ1v) is 12.5. The highest BCUT2D eigenvalue weighted by atomic mass is 32.2. The van der Waals surface area contributed by atoms with Gasteiger partial charge in [0.2, 0.25) is 15.9 Å². The van der Waals surface area contributed by atoms with Gasteiger partial charge in [-0.2, -0.15) is 4.31 Å². The van der Waals surface area contributed by atoms with Gasteiger partial charge in [-0.25, -0.2) is 8.42 Å². The Hall–Kier alpha value is -2.72. The van der Waals surface area contributed by atoms with Gasteiger partial charge >= 0.3 is 0 Å². The fourth-order valence-corrected chi connectivity index (χ4v) is 5.25. The number of benzene rings is 2. The van der Waals surface area contributed by atoms with Crippen LogP contribution in [-0.4, -0.2) is 71.2 Å². The molecule has 2 aliphatic heterocycles. The maximum atomic E-state index is 13.2. The lowest BCUT2D eigenvalue weighted by Crippen LogP contribution is -2.40. The van der Waals surface area contributed by atoms with E-state index in [4.69, 9.17) is 9.47 Å². The Balaban J connectivity index is 1.60. The van der Waals surface area contributed by atoms with Crippen LogP contribution in [0.1, 0.15) is 11.1 Å². The van der Waals surface area contributed by atoms with Gasteiger partial charge in [0, 0.05) is 32.3 Å². The van der Waals surface area contributed by atoms with Gasteiger partial charge < -0.3 is 19.7 Å². The minimum atomic E-state index is -3.69. The zero-order valence-electron chi connectivity index (χ0n) is 18.7. The van der Waals surface area contributed by atoms with Crippen LogP contribution < -0.4 is 10.2 Å². The summed E-state index contributed by atoms with van der Waals surface area (Å²) in [6.45, 7) is 5.86. The lowest BCUT2D eigenvalue weighted by Gasteiger charge is -2.31. The molecule has 8 nitrogen and oxygen atoms in total. The second-order valence-electron chi connectivity index (χ2n) is 8.03. The summed E-state index contributed by atoms with van der Waals surface area (Å²) in [4.78, 5) is 15.0. The first kappa shape index (κ1) is 23.4. The van der Waals surface area contributed by atoms with E-state index in [0.717, 1.165) is 16.8 Å². The van der Waals surface area contributed by atoms with Crippen molar-refractivity contribution in [1.82, 2.24) is 4.31 Å². The minimum Gasteiger partial charge on any atom is -0.379 e. The molecule has 33 heavy (non-hydrogen) atoms. The van der Waals surface area contributed by atoms with Crippen LogP contribution in [0, 0.1) is 6.92 Å². The normalized spacial score (nSPS) is 17.9. The zero-order chi connectivity index (χ0) is 23.3. The topological polar surface area (TPSA) is 88.2 Å². The summed E-state index contributed by atoms with van der Waals surface area (Å²) in [7, 11) is -3.69. The first-order valence-electron chi connectivity index (χ1n) is 11.0. The fourth-order valence-electron chi connectivity index (χ4n) is 3.82. The van der Waals surface area contributed by atoms with Crippen LogP contribution in [0.25, 0.3) is 6.08 Å². The number of carbonyl (C=O) groups excluding carboxylic acids is 1. The molecule has 2 heterocycles. The SMILES string of the molecule is Cc1ccc(/C=C/C(=O)Nc2cc(S(=O)(=O)N3CCOCC3)ccc2N2CCOCC2)cc1. The average Bonchev–Trinajstić information content (AvgIpc) is 2.85. The predicted octanol–water partition coefficient (Wildman–Crippen LogP) is 2.50. The second kappa shape index (κ2) is 10.5. The van der Waals surface area contributed by atoms with Gasteiger partial charge in [0.05, 0.1) is 42.7 Å². The molecule has 2 aromatic carbocycles.